The summed E-state index contributed by atoms with van der Waals surface area (Å²) in [6.45, 7) is 5.61. The topological polar surface area (TPSA) is 46.2 Å². The van der Waals surface area contributed by atoms with Crippen LogP contribution in [0.4, 0.5) is 0 Å². The minimum absolute atomic E-state index is 0.181. The molecule has 0 saturated heterocycles. The molecular weight excluding hydrogens is 198 g/mol. The summed E-state index contributed by atoms with van der Waals surface area (Å²) < 4.78 is 24.9. The Morgan fingerprint density at radius 1 is 1.33 bits per heavy atom. The highest BCUT2D eigenvalue weighted by molar-refractivity contribution is 7.90. The molecular formula is C7H16ClNO2S. The Bertz CT molecular complexity index is 213. The number of sulfonamides is 1. The van der Waals surface area contributed by atoms with Crippen molar-refractivity contribution in [2.45, 2.75) is 26.0 Å². The highest BCUT2D eigenvalue weighted by atomic mass is 35.5. The lowest BCUT2D eigenvalue weighted by atomic mass is 10.2. The van der Waals surface area contributed by atoms with Gasteiger partial charge < -0.3 is 0 Å². The fourth-order valence-electron chi connectivity index (χ4n) is 0.480. The van der Waals surface area contributed by atoms with Crippen molar-refractivity contribution >= 4 is 21.6 Å². The van der Waals surface area contributed by atoms with Crippen molar-refractivity contribution in [2.75, 3.05) is 12.4 Å². The van der Waals surface area contributed by atoms with Gasteiger partial charge in [0, 0.05) is 12.4 Å². The van der Waals surface area contributed by atoms with Gasteiger partial charge in [-0.1, -0.05) is 6.92 Å². The Hall–Kier alpha value is 0.200. The molecule has 0 heterocycles. The van der Waals surface area contributed by atoms with E-state index in [9.17, 15) is 8.42 Å². The lowest BCUT2D eigenvalue weighted by Crippen LogP contribution is -2.34. The van der Waals surface area contributed by atoms with Crippen molar-refractivity contribution in [2.24, 2.45) is 5.92 Å². The largest absolute Gasteiger partial charge is 0.215 e. The number of hydrogen-bond acceptors (Lipinski definition) is 2. The van der Waals surface area contributed by atoms with E-state index in [1.54, 1.807) is 13.8 Å². The molecule has 3 nitrogen and oxygen atoms in total. The van der Waals surface area contributed by atoms with E-state index in [2.05, 4.69) is 4.72 Å². The van der Waals surface area contributed by atoms with Crippen LogP contribution in [-0.4, -0.2) is 26.1 Å². The van der Waals surface area contributed by atoms with Crippen LogP contribution in [-0.2, 0) is 10.0 Å². The first-order valence-electron chi connectivity index (χ1n) is 3.94. The summed E-state index contributed by atoms with van der Waals surface area (Å²) in [5, 5.41) is -0.375. The van der Waals surface area contributed by atoms with Crippen LogP contribution in [0.5, 0.6) is 0 Å². The van der Waals surface area contributed by atoms with Crippen LogP contribution in [0, 0.1) is 5.92 Å². The molecule has 0 aromatic heterocycles. The number of alkyl halides is 1. The Balaban J connectivity index is 3.94. The second kappa shape index (κ2) is 5.04. The summed E-state index contributed by atoms with van der Waals surface area (Å²) in [4.78, 5) is 0. The maximum absolute atomic E-state index is 11.2. The molecule has 0 spiro atoms. The second-order valence-electron chi connectivity index (χ2n) is 3.20. The van der Waals surface area contributed by atoms with Gasteiger partial charge in [0.2, 0.25) is 10.0 Å². The molecule has 5 heteroatoms. The Morgan fingerprint density at radius 3 is 2.17 bits per heavy atom. The van der Waals surface area contributed by atoms with Crippen LogP contribution < -0.4 is 4.72 Å². The van der Waals surface area contributed by atoms with Crippen molar-refractivity contribution in [3.05, 3.63) is 0 Å². The minimum atomic E-state index is -3.11. The van der Waals surface area contributed by atoms with E-state index in [0.29, 0.717) is 12.4 Å². The van der Waals surface area contributed by atoms with Crippen molar-refractivity contribution in [1.82, 2.24) is 4.72 Å². The molecule has 0 aromatic rings. The van der Waals surface area contributed by atoms with Gasteiger partial charge in [0.25, 0.3) is 0 Å². The summed E-state index contributed by atoms with van der Waals surface area (Å²) in [7, 11) is -3.11. The number of hydrogen-bond donors (Lipinski definition) is 1. The molecule has 0 rings (SSSR count). The molecule has 1 N–H and O–H groups in total. The molecule has 12 heavy (non-hydrogen) atoms. The van der Waals surface area contributed by atoms with E-state index in [0.717, 1.165) is 0 Å². The van der Waals surface area contributed by atoms with Crippen LogP contribution in [0.25, 0.3) is 0 Å². The van der Waals surface area contributed by atoms with Crippen LogP contribution in [0.15, 0.2) is 0 Å². The number of nitrogens with one attached hydrogen (secondary N) is 1. The third-order valence-corrected chi connectivity index (χ3v) is 3.85. The van der Waals surface area contributed by atoms with Crippen molar-refractivity contribution in [3.63, 3.8) is 0 Å². The predicted molar refractivity (Wildman–Crippen MR) is 51.9 cm³/mol. The van der Waals surface area contributed by atoms with Gasteiger partial charge in [0.1, 0.15) is 0 Å². The van der Waals surface area contributed by atoms with Gasteiger partial charge in [0.15, 0.2) is 0 Å². The predicted octanol–water partition coefficient (Wildman–Crippen LogP) is 1.19. The van der Waals surface area contributed by atoms with Crippen molar-refractivity contribution in [3.8, 4) is 0 Å². The fourth-order valence-corrected chi connectivity index (χ4v) is 1.44. The highest BCUT2D eigenvalue weighted by Gasteiger charge is 2.15. The zero-order valence-electron chi connectivity index (χ0n) is 7.67. The molecule has 0 fully saturated rings. The first-order chi connectivity index (χ1) is 5.40. The van der Waals surface area contributed by atoms with Gasteiger partial charge in [-0.3, -0.25) is 0 Å². The van der Waals surface area contributed by atoms with Crippen LogP contribution in [0.1, 0.15) is 20.8 Å². The summed E-state index contributed by atoms with van der Waals surface area (Å²) >= 11 is 5.53. The van der Waals surface area contributed by atoms with E-state index >= 15 is 0 Å². The molecule has 0 aliphatic carbocycles. The van der Waals surface area contributed by atoms with E-state index in [1.807, 2.05) is 6.92 Å². The third kappa shape index (κ3) is 4.28. The monoisotopic (exact) mass is 213 g/mol. The summed E-state index contributed by atoms with van der Waals surface area (Å²) in [5.74, 6) is 0.654. The van der Waals surface area contributed by atoms with E-state index in [4.69, 9.17) is 11.6 Å². The second-order valence-corrected chi connectivity index (χ2v) is 5.83. The van der Waals surface area contributed by atoms with Gasteiger partial charge in [-0.05, 0) is 19.8 Å². The van der Waals surface area contributed by atoms with Gasteiger partial charge in [-0.2, -0.15) is 0 Å². The molecule has 74 valence electrons. The van der Waals surface area contributed by atoms with Crippen molar-refractivity contribution in [1.29, 1.82) is 0 Å². The van der Waals surface area contributed by atoms with Gasteiger partial charge in [-0.25, -0.2) is 13.1 Å². The maximum Gasteiger partial charge on any atom is 0.213 e. The molecule has 0 aliphatic heterocycles. The fraction of sp³-hybridized carbons (Fsp3) is 1.00. The average molecular weight is 214 g/mol. The molecule has 0 radical (unpaired) electrons. The summed E-state index contributed by atoms with van der Waals surface area (Å²) in [5.41, 5.74) is 0. The SMILES string of the molecule is CC(CCl)CNS(=O)(=O)C(C)C. The number of halogens is 1. The van der Waals surface area contributed by atoms with Gasteiger partial charge in [0.05, 0.1) is 5.25 Å². The van der Waals surface area contributed by atoms with Gasteiger partial charge >= 0.3 is 0 Å². The standard InChI is InChI=1S/C7H16ClNO2S/c1-6(2)12(10,11)9-5-7(3)4-8/h6-7,9H,4-5H2,1-3H3. The molecule has 0 aliphatic rings. The van der Waals surface area contributed by atoms with Crippen LogP contribution in [0.3, 0.4) is 0 Å². The normalized spacial score (nSPS) is 15.1. The van der Waals surface area contributed by atoms with E-state index in [1.165, 1.54) is 0 Å². The zero-order valence-corrected chi connectivity index (χ0v) is 9.24. The summed E-state index contributed by atoms with van der Waals surface area (Å²) in [6.07, 6.45) is 0. The molecule has 0 amide bonds. The quantitative estimate of drug-likeness (QED) is 0.698. The molecule has 1 unspecified atom stereocenters. The molecule has 0 saturated carbocycles. The molecule has 0 aromatic carbocycles. The Labute approximate surface area is 79.5 Å². The first kappa shape index (κ1) is 12.2. The smallest absolute Gasteiger partial charge is 0.213 e. The lowest BCUT2D eigenvalue weighted by Gasteiger charge is -2.11. The number of rotatable bonds is 5. The first-order valence-corrected chi connectivity index (χ1v) is 6.02. The Morgan fingerprint density at radius 2 is 1.83 bits per heavy atom. The molecule has 1 atom stereocenters. The molecule has 0 bridgehead atoms. The zero-order chi connectivity index (χ0) is 9.78. The maximum atomic E-state index is 11.2. The highest BCUT2D eigenvalue weighted by Crippen LogP contribution is 2.00. The minimum Gasteiger partial charge on any atom is -0.215 e. The average Bonchev–Trinajstić information content (AvgIpc) is 2.00. The third-order valence-electron chi connectivity index (χ3n) is 1.52. The van der Waals surface area contributed by atoms with E-state index < -0.39 is 10.0 Å². The lowest BCUT2D eigenvalue weighted by molar-refractivity contribution is 0.554. The van der Waals surface area contributed by atoms with Crippen LogP contribution >= 0.6 is 11.6 Å². The van der Waals surface area contributed by atoms with Gasteiger partial charge in [-0.15, -0.1) is 11.6 Å². The van der Waals surface area contributed by atoms with E-state index in [-0.39, 0.29) is 11.2 Å². The Kier molecular flexibility index (Phi) is 5.13. The summed E-state index contributed by atoms with van der Waals surface area (Å²) in [6, 6.07) is 0. The van der Waals surface area contributed by atoms with Crippen molar-refractivity contribution < 1.29 is 8.42 Å². The van der Waals surface area contributed by atoms with Crippen LogP contribution in [0.2, 0.25) is 0 Å².